The Morgan fingerprint density at radius 3 is 2.37 bits per heavy atom. The van der Waals surface area contributed by atoms with Crippen molar-refractivity contribution < 1.29 is 18.4 Å². The number of aryl methyl sites for hydroxylation is 1. The summed E-state index contributed by atoms with van der Waals surface area (Å²) in [5.74, 6) is -2.32. The van der Waals surface area contributed by atoms with Crippen LogP contribution < -0.4 is 0 Å². The number of nitrogens with zero attached hydrogens (tertiary/aromatic N) is 2. The molecular formula is C21H22F2N2O2. The zero-order valence-corrected chi connectivity index (χ0v) is 15.3. The summed E-state index contributed by atoms with van der Waals surface area (Å²) in [5, 5.41) is 0. The smallest absolute Gasteiger partial charge is 0.254 e. The molecule has 0 saturated carbocycles. The third-order valence-electron chi connectivity index (χ3n) is 4.91. The third-order valence-corrected chi connectivity index (χ3v) is 4.91. The van der Waals surface area contributed by atoms with Crippen molar-refractivity contribution in [1.82, 2.24) is 9.80 Å². The van der Waals surface area contributed by atoms with Crippen LogP contribution in [0.15, 0.2) is 42.5 Å². The van der Waals surface area contributed by atoms with E-state index in [1.54, 1.807) is 9.80 Å². The topological polar surface area (TPSA) is 40.6 Å². The van der Waals surface area contributed by atoms with E-state index in [0.29, 0.717) is 39.0 Å². The van der Waals surface area contributed by atoms with Gasteiger partial charge in [0.25, 0.3) is 5.91 Å². The highest BCUT2D eigenvalue weighted by Crippen LogP contribution is 2.15. The van der Waals surface area contributed by atoms with E-state index < -0.39 is 11.6 Å². The van der Waals surface area contributed by atoms with Crippen LogP contribution in [0.3, 0.4) is 0 Å². The number of halogens is 2. The lowest BCUT2D eigenvalue weighted by Gasteiger charge is -2.22. The molecule has 6 heteroatoms. The molecule has 0 aromatic heterocycles. The molecule has 0 bridgehead atoms. The number of carbonyl (C=O) groups is 2. The van der Waals surface area contributed by atoms with Gasteiger partial charge in [-0.1, -0.05) is 24.3 Å². The minimum Gasteiger partial charge on any atom is -0.341 e. The van der Waals surface area contributed by atoms with E-state index >= 15 is 0 Å². The summed E-state index contributed by atoms with van der Waals surface area (Å²) in [6.45, 7) is 3.84. The van der Waals surface area contributed by atoms with Crippen LogP contribution in [0.1, 0.15) is 27.9 Å². The van der Waals surface area contributed by atoms with Crippen LogP contribution in [-0.2, 0) is 11.2 Å². The fourth-order valence-corrected chi connectivity index (χ4v) is 3.26. The Kier molecular flexibility index (Phi) is 5.84. The fraction of sp³-hybridized carbons (Fsp3) is 0.333. The van der Waals surface area contributed by atoms with Crippen molar-refractivity contribution in [2.45, 2.75) is 19.8 Å². The molecule has 1 fully saturated rings. The second-order valence-corrected chi connectivity index (χ2v) is 6.76. The molecule has 27 heavy (non-hydrogen) atoms. The summed E-state index contributed by atoms with van der Waals surface area (Å²) in [6.07, 6.45) is 0.985. The van der Waals surface area contributed by atoms with E-state index in [2.05, 4.69) is 0 Å². The molecule has 1 saturated heterocycles. The normalized spacial score (nSPS) is 14.8. The molecular weight excluding hydrogens is 350 g/mol. The van der Waals surface area contributed by atoms with E-state index in [-0.39, 0.29) is 17.4 Å². The first-order chi connectivity index (χ1) is 13.0. The predicted molar refractivity (Wildman–Crippen MR) is 98.3 cm³/mol. The maximum atomic E-state index is 13.4. The molecule has 2 aromatic carbocycles. The van der Waals surface area contributed by atoms with Crippen molar-refractivity contribution in [1.29, 1.82) is 0 Å². The molecule has 0 N–H and O–H groups in total. The van der Waals surface area contributed by atoms with Gasteiger partial charge < -0.3 is 9.80 Å². The summed E-state index contributed by atoms with van der Waals surface area (Å²) in [5.41, 5.74) is 2.20. The number of hydrogen-bond acceptors (Lipinski definition) is 2. The molecule has 1 heterocycles. The van der Waals surface area contributed by atoms with Crippen molar-refractivity contribution in [2.24, 2.45) is 0 Å². The van der Waals surface area contributed by atoms with Crippen molar-refractivity contribution in [3.8, 4) is 0 Å². The Balaban J connectivity index is 1.63. The van der Waals surface area contributed by atoms with Crippen molar-refractivity contribution in [3.63, 3.8) is 0 Å². The monoisotopic (exact) mass is 372 g/mol. The maximum Gasteiger partial charge on any atom is 0.254 e. The molecule has 0 spiro atoms. The zero-order chi connectivity index (χ0) is 19.4. The zero-order valence-electron chi connectivity index (χ0n) is 15.3. The summed E-state index contributed by atoms with van der Waals surface area (Å²) in [7, 11) is 0. The molecule has 4 nitrogen and oxygen atoms in total. The van der Waals surface area contributed by atoms with Crippen molar-refractivity contribution >= 4 is 11.8 Å². The van der Waals surface area contributed by atoms with E-state index in [1.807, 2.05) is 31.2 Å². The van der Waals surface area contributed by atoms with Crippen LogP contribution in [0.25, 0.3) is 0 Å². The molecule has 0 unspecified atom stereocenters. The lowest BCUT2D eigenvalue weighted by molar-refractivity contribution is -0.130. The maximum absolute atomic E-state index is 13.4. The number of rotatable bonds is 3. The van der Waals surface area contributed by atoms with E-state index in [1.165, 1.54) is 6.07 Å². The molecule has 0 radical (unpaired) electrons. The molecule has 3 rings (SSSR count). The van der Waals surface area contributed by atoms with Crippen LogP contribution in [0.4, 0.5) is 8.78 Å². The van der Waals surface area contributed by atoms with Gasteiger partial charge in [0.15, 0.2) is 11.6 Å². The Labute approximate surface area is 157 Å². The van der Waals surface area contributed by atoms with E-state index in [9.17, 15) is 18.4 Å². The summed E-state index contributed by atoms with van der Waals surface area (Å²) in [4.78, 5) is 28.6. The van der Waals surface area contributed by atoms with Gasteiger partial charge in [-0.3, -0.25) is 9.59 Å². The quantitative estimate of drug-likeness (QED) is 0.830. The Morgan fingerprint density at radius 1 is 0.926 bits per heavy atom. The molecule has 142 valence electrons. The highest BCUT2D eigenvalue weighted by molar-refractivity contribution is 5.94. The average molecular weight is 372 g/mol. The van der Waals surface area contributed by atoms with E-state index in [0.717, 1.165) is 23.3 Å². The van der Waals surface area contributed by atoms with Crippen molar-refractivity contribution in [3.05, 3.63) is 70.8 Å². The number of benzene rings is 2. The molecule has 1 aliphatic rings. The van der Waals surface area contributed by atoms with Gasteiger partial charge in [0.2, 0.25) is 5.91 Å². The molecule has 0 atom stereocenters. The Hall–Kier alpha value is -2.76. The largest absolute Gasteiger partial charge is 0.341 e. The first kappa shape index (κ1) is 19.0. The summed E-state index contributed by atoms with van der Waals surface area (Å²) in [6, 6.07) is 10.9. The summed E-state index contributed by atoms with van der Waals surface area (Å²) < 4.78 is 26.5. The van der Waals surface area contributed by atoms with Gasteiger partial charge in [-0.25, -0.2) is 8.78 Å². The molecule has 2 aromatic rings. The minimum absolute atomic E-state index is 0.0337. The fourth-order valence-electron chi connectivity index (χ4n) is 3.26. The lowest BCUT2D eigenvalue weighted by Crippen LogP contribution is -2.38. The van der Waals surface area contributed by atoms with Gasteiger partial charge in [0.05, 0.1) is 6.42 Å². The lowest BCUT2D eigenvalue weighted by atomic mass is 10.1. The number of amides is 2. The molecule has 1 aliphatic heterocycles. The van der Waals surface area contributed by atoms with Gasteiger partial charge >= 0.3 is 0 Å². The highest BCUT2D eigenvalue weighted by Gasteiger charge is 2.23. The van der Waals surface area contributed by atoms with Crippen molar-refractivity contribution in [2.75, 3.05) is 26.2 Å². The first-order valence-electron chi connectivity index (χ1n) is 9.02. The van der Waals surface area contributed by atoms with Crippen LogP contribution in [-0.4, -0.2) is 47.8 Å². The van der Waals surface area contributed by atoms with Gasteiger partial charge in [-0.15, -0.1) is 0 Å². The minimum atomic E-state index is -1.04. The Bertz CT molecular complexity index is 854. The Morgan fingerprint density at radius 2 is 1.63 bits per heavy atom. The predicted octanol–water partition coefficient (Wildman–Crippen LogP) is 3.19. The second-order valence-electron chi connectivity index (χ2n) is 6.76. The van der Waals surface area contributed by atoms with Crippen LogP contribution in [0.5, 0.6) is 0 Å². The van der Waals surface area contributed by atoms with Crippen LogP contribution in [0, 0.1) is 18.6 Å². The standard InChI is InChI=1S/C21H22F2N2O2/c1-15-5-2-3-6-16(15)14-20(26)24-9-4-10-25(12-11-24)21(27)17-7-8-18(22)19(23)13-17/h2-3,5-8,13H,4,9-12,14H2,1H3. The number of hydrogen-bond donors (Lipinski definition) is 0. The third kappa shape index (κ3) is 4.51. The van der Waals surface area contributed by atoms with Crippen LogP contribution in [0.2, 0.25) is 0 Å². The highest BCUT2D eigenvalue weighted by atomic mass is 19.2. The average Bonchev–Trinajstić information content (AvgIpc) is 2.91. The number of carbonyl (C=O) groups excluding carboxylic acids is 2. The van der Waals surface area contributed by atoms with Gasteiger partial charge in [0.1, 0.15) is 0 Å². The van der Waals surface area contributed by atoms with Crippen LogP contribution >= 0.6 is 0 Å². The molecule has 2 amide bonds. The first-order valence-corrected chi connectivity index (χ1v) is 9.02. The SMILES string of the molecule is Cc1ccccc1CC(=O)N1CCCN(C(=O)c2ccc(F)c(F)c2)CC1. The van der Waals surface area contributed by atoms with Gasteiger partial charge in [-0.2, -0.15) is 0 Å². The van der Waals surface area contributed by atoms with Gasteiger partial charge in [0, 0.05) is 31.7 Å². The van der Waals surface area contributed by atoms with Gasteiger partial charge in [-0.05, 0) is 42.7 Å². The van der Waals surface area contributed by atoms with E-state index in [4.69, 9.17) is 0 Å². The molecule has 0 aliphatic carbocycles. The second kappa shape index (κ2) is 8.29. The summed E-state index contributed by atoms with van der Waals surface area (Å²) >= 11 is 0.